The lowest BCUT2D eigenvalue weighted by Gasteiger charge is -2.42. The SMILES string of the molecule is COC1(OC)C(c2cc(Cl)ccc2P(c2ccccc2)c2ccccc2)=C(P(c2ccccc2)c2ccccc2)C=C[C@H]1Cl. The summed E-state index contributed by atoms with van der Waals surface area (Å²) in [5.41, 5.74) is 1.88. The molecule has 2 nitrogen and oxygen atoms in total. The molecule has 220 valence electrons. The number of ether oxygens (including phenoxy) is 2. The first-order chi connectivity index (χ1) is 21.6. The Labute approximate surface area is 272 Å². The molecule has 5 aromatic rings. The molecule has 1 aliphatic carbocycles. The second-order valence-corrected chi connectivity index (χ2v) is 15.5. The van der Waals surface area contributed by atoms with Crippen LogP contribution in [0, 0.1) is 0 Å². The van der Waals surface area contributed by atoms with Crippen molar-refractivity contribution in [3.8, 4) is 0 Å². The summed E-state index contributed by atoms with van der Waals surface area (Å²) >= 11 is 14.0. The Morgan fingerprint density at radius 3 is 1.45 bits per heavy atom. The molecule has 0 radical (unpaired) electrons. The average Bonchev–Trinajstić information content (AvgIpc) is 3.08. The van der Waals surface area contributed by atoms with E-state index in [0.717, 1.165) is 21.8 Å². The Morgan fingerprint density at radius 2 is 1.02 bits per heavy atom. The first-order valence-electron chi connectivity index (χ1n) is 14.3. The number of benzene rings is 5. The summed E-state index contributed by atoms with van der Waals surface area (Å²) < 4.78 is 12.7. The molecule has 6 rings (SSSR count). The average molecular weight is 654 g/mol. The Bertz CT molecular complexity index is 1680. The van der Waals surface area contributed by atoms with Crippen molar-refractivity contribution < 1.29 is 9.47 Å². The molecule has 0 N–H and O–H groups in total. The maximum absolute atomic E-state index is 7.16. The molecule has 0 aliphatic heterocycles. The maximum Gasteiger partial charge on any atom is 0.216 e. The van der Waals surface area contributed by atoms with E-state index in [1.807, 2.05) is 12.1 Å². The molecule has 6 heteroatoms. The number of methoxy groups -OCH3 is 2. The summed E-state index contributed by atoms with van der Waals surface area (Å²) in [6.07, 6.45) is 4.17. The standard InChI is InChI=1S/C38H32Cl2O2P2/c1-41-38(42-2)36(40)26-25-35(44(31-19-11-5-12-20-31)32-21-13-6-14-22-32)37(38)33-27-28(39)23-24-34(33)43(29-15-7-3-8-16-29)30-17-9-4-10-18-30/h3-27,36H,1-2H3/t36-/m1/s1. The van der Waals surface area contributed by atoms with Crippen molar-refractivity contribution in [3.63, 3.8) is 0 Å². The van der Waals surface area contributed by atoms with Crippen molar-refractivity contribution in [2.75, 3.05) is 14.2 Å². The van der Waals surface area contributed by atoms with Crippen LogP contribution in [0.25, 0.3) is 5.57 Å². The van der Waals surface area contributed by atoms with E-state index < -0.39 is 27.0 Å². The van der Waals surface area contributed by atoms with Crippen molar-refractivity contribution >= 4 is 71.1 Å². The van der Waals surface area contributed by atoms with E-state index in [4.69, 9.17) is 32.7 Å². The van der Waals surface area contributed by atoms with Gasteiger partial charge in [0, 0.05) is 24.8 Å². The predicted octanol–water partition coefficient (Wildman–Crippen LogP) is 8.11. The molecule has 0 fully saturated rings. The van der Waals surface area contributed by atoms with Crippen LogP contribution in [-0.4, -0.2) is 25.4 Å². The van der Waals surface area contributed by atoms with Gasteiger partial charge in [-0.2, -0.15) is 0 Å². The summed E-state index contributed by atoms with van der Waals surface area (Å²) in [4.78, 5) is 0. The van der Waals surface area contributed by atoms with Crippen LogP contribution in [-0.2, 0) is 9.47 Å². The van der Waals surface area contributed by atoms with E-state index in [2.05, 4.69) is 140 Å². The summed E-state index contributed by atoms with van der Waals surface area (Å²) in [7, 11) is 1.33. The van der Waals surface area contributed by atoms with Gasteiger partial charge >= 0.3 is 0 Å². The Hall–Kier alpha value is -3.06. The summed E-state index contributed by atoms with van der Waals surface area (Å²) in [6, 6.07) is 48.9. The second kappa shape index (κ2) is 13.9. The molecular formula is C38H32Cl2O2P2. The molecule has 5 aromatic carbocycles. The number of hydrogen-bond donors (Lipinski definition) is 0. The minimum Gasteiger partial charge on any atom is -0.348 e. The topological polar surface area (TPSA) is 18.5 Å². The Morgan fingerprint density at radius 1 is 0.591 bits per heavy atom. The van der Waals surface area contributed by atoms with Crippen LogP contribution >= 0.6 is 39.0 Å². The number of rotatable bonds is 9. The van der Waals surface area contributed by atoms with Gasteiger partial charge in [0.05, 0.1) is 0 Å². The number of hydrogen-bond acceptors (Lipinski definition) is 2. The van der Waals surface area contributed by atoms with Gasteiger partial charge in [0.25, 0.3) is 0 Å². The highest BCUT2D eigenvalue weighted by molar-refractivity contribution is 7.80. The Balaban J connectivity index is 1.72. The quantitative estimate of drug-likeness (QED) is 0.0910. The monoisotopic (exact) mass is 652 g/mol. The van der Waals surface area contributed by atoms with Crippen molar-refractivity contribution in [1.29, 1.82) is 0 Å². The molecule has 0 bridgehead atoms. The molecule has 44 heavy (non-hydrogen) atoms. The minimum atomic E-state index is -1.26. The summed E-state index contributed by atoms with van der Waals surface area (Å²) in [6.45, 7) is 0. The van der Waals surface area contributed by atoms with Gasteiger partial charge in [-0.15, -0.1) is 11.6 Å². The molecule has 0 unspecified atom stereocenters. The van der Waals surface area contributed by atoms with Gasteiger partial charge in [0.15, 0.2) is 0 Å². The van der Waals surface area contributed by atoms with Crippen LogP contribution in [0.5, 0.6) is 0 Å². The number of allylic oxidation sites excluding steroid dienone is 2. The zero-order valence-electron chi connectivity index (χ0n) is 24.5. The van der Waals surface area contributed by atoms with Crippen molar-refractivity contribution in [2.45, 2.75) is 11.2 Å². The van der Waals surface area contributed by atoms with Crippen LogP contribution in [0.2, 0.25) is 5.02 Å². The Kier molecular flexibility index (Phi) is 9.80. The summed E-state index contributed by atoms with van der Waals surface area (Å²) in [5, 5.41) is 7.24. The van der Waals surface area contributed by atoms with E-state index >= 15 is 0 Å². The highest BCUT2D eigenvalue weighted by Crippen LogP contribution is 2.55. The third-order valence-electron chi connectivity index (χ3n) is 7.76. The van der Waals surface area contributed by atoms with Crippen molar-refractivity contribution in [2.24, 2.45) is 0 Å². The predicted molar refractivity (Wildman–Crippen MR) is 192 cm³/mol. The normalized spacial score (nSPS) is 16.1. The van der Waals surface area contributed by atoms with E-state index in [1.54, 1.807) is 14.2 Å². The zero-order valence-corrected chi connectivity index (χ0v) is 27.8. The van der Waals surface area contributed by atoms with E-state index in [-0.39, 0.29) is 0 Å². The number of halogens is 2. The molecule has 1 aliphatic rings. The largest absolute Gasteiger partial charge is 0.348 e. The van der Waals surface area contributed by atoms with Crippen LogP contribution in [0.3, 0.4) is 0 Å². The van der Waals surface area contributed by atoms with Gasteiger partial charge < -0.3 is 9.47 Å². The minimum absolute atomic E-state index is 0.578. The number of alkyl halides is 1. The van der Waals surface area contributed by atoms with Gasteiger partial charge in [-0.05, 0) is 65.4 Å². The molecule has 0 heterocycles. The third-order valence-corrected chi connectivity index (χ3v) is 13.4. The molecular weight excluding hydrogens is 621 g/mol. The first kappa shape index (κ1) is 30.9. The van der Waals surface area contributed by atoms with Crippen molar-refractivity contribution in [1.82, 2.24) is 0 Å². The summed E-state index contributed by atoms with van der Waals surface area (Å²) in [5.74, 6) is -1.26. The van der Waals surface area contributed by atoms with Crippen LogP contribution in [0.1, 0.15) is 5.56 Å². The second-order valence-electron chi connectivity index (χ2n) is 10.3. The lowest BCUT2D eigenvalue weighted by molar-refractivity contribution is -0.156. The smallest absolute Gasteiger partial charge is 0.216 e. The molecule has 0 spiro atoms. The molecule has 0 amide bonds. The third kappa shape index (κ3) is 5.96. The van der Waals surface area contributed by atoms with Gasteiger partial charge in [0.1, 0.15) is 5.38 Å². The highest BCUT2D eigenvalue weighted by atomic mass is 35.5. The molecule has 0 saturated carbocycles. The van der Waals surface area contributed by atoms with E-state index in [0.29, 0.717) is 5.02 Å². The first-order valence-corrected chi connectivity index (χ1v) is 17.8. The van der Waals surface area contributed by atoms with E-state index in [1.165, 1.54) is 21.2 Å². The highest BCUT2D eigenvalue weighted by Gasteiger charge is 2.47. The van der Waals surface area contributed by atoms with Crippen LogP contribution in [0.4, 0.5) is 0 Å². The fraction of sp³-hybridized carbons (Fsp3) is 0.105. The van der Waals surface area contributed by atoms with Gasteiger partial charge in [-0.3, -0.25) is 0 Å². The van der Waals surface area contributed by atoms with Crippen molar-refractivity contribution in [3.05, 3.63) is 168 Å². The van der Waals surface area contributed by atoms with Gasteiger partial charge in [-0.25, -0.2) is 0 Å². The zero-order chi connectivity index (χ0) is 30.5. The fourth-order valence-corrected chi connectivity index (χ4v) is 11.3. The van der Waals surface area contributed by atoms with Crippen LogP contribution < -0.4 is 26.5 Å². The molecule has 1 atom stereocenters. The van der Waals surface area contributed by atoms with Crippen LogP contribution in [0.15, 0.2) is 157 Å². The lowest BCUT2D eigenvalue weighted by atomic mass is 9.90. The van der Waals surface area contributed by atoms with E-state index in [9.17, 15) is 0 Å². The van der Waals surface area contributed by atoms with Gasteiger partial charge in [-0.1, -0.05) is 151 Å². The maximum atomic E-state index is 7.16. The fourth-order valence-electron chi connectivity index (χ4n) is 5.79. The molecule has 0 aromatic heterocycles. The lowest BCUT2D eigenvalue weighted by Crippen LogP contribution is -2.46. The molecule has 0 saturated heterocycles. The van der Waals surface area contributed by atoms with Gasteiger partial charge in [0.2, 0.25) is 5.79 Å².